The number of nitrogens with one attached hydrogen (secondary N) is 2. The molecular weight excluding hydrogens is 381 g/mol. The molecule has 2 N–H and O–H groups in total. The van der Waals surface area contributed by atoms with Gasteiger partial charge in [-0.3, -0.25) is 4.99 Å². The van der Waals surface area contributed by atoms with E-state index in [-0.39, 0.29) is 24.0 Å². The van der Waals surface area contributed by atoms with E-state index < -0.39 is 0 Å². The van der Waals surface area contributed by atoms with Crippen molar-refractivity contribution >= 4 is 29.9 Å². The maximum atomic E-state index is 5.88. The molecule has 124 valence electrons. The van der Waals surface area contributed by atoms with Crippen molar-refractivity contribution in [1.82, 2.24) is 10.6 Å². The minimum Gasteiger partial charge on any atom is -0.385 e. The highest BCUT2D eigenvalue weighted by molar-refractivity contribution is 14.0. The minimum atomic E-state index is 0. The van der Waals surface area contributed by atoms with Gasteiger partial charge in [0.2, 0.25) is 0 Å². The molecule has 2 aliphatic carbocycles. The van der Waals surface area contributed by atoms with Crippen molar-refractivity contribution in [3.63, 3.8) is 0 Å². The topological polar surface area (TPSA) is 54.9 Å². The maximum absolute atomic E-state index is 5.88. The summed E-state index contributed by atoms with van der Waals surface area (Å²) in [4.78, 5) is 4.32. The molecule has 0 heterocycles. The van der Waals surface area contributed by atoms with Crippen LogP contribution in [0.3, 0.4) is 0 Å². The molecule has 2 saturated carbocycles. The first-order chi connectivity index (χ1) is 9.76. The third-order valence-electron chi connectivity index (χ3n) is 4.79. The number of nitrogens with zero attached hydrogens (tertiary/aromatic N) is 1. The number of methoxy groups -OCH3 is 1. The van der Waals surface area contributed by atoms with Gasteiger partial charge in [0.25, 0.3) is 0 Å². The number of hydrogen-bond acceptors (Lipinski definition) is 3. The molecule has 0 amide bonds. The second kappa shape index (κ2) is 9.15. The molecule has 0 aromatic rings. The van der Waals surface area contributed by atoms with Crippen LogP contribution in [0.5, 0.6) is 0 Å². The molecule has 1 spiro atoms. The van der Waals surface area contributed by atoms with Crippen LogP contribution in [0.4, 0.5) is 0 Å². The van der Waals surface area contributed by atoms with Gasteiger partial charge in [-0.05, 0) is 32.6 Å². The van der Waals surface area contributed by atoms with Crippen LogP contribution in [0.1, 0.15) is 39.0 Å². The zero-order chi connectivity index (χ0) is 14.4. The molecular formula is C15H30IN3O2. The van der Waals surface area contributed by atoms with Gasteiger partial charge in [0.05, 0.1) is 6.10 Å². The normalized spacial score (nSPS) is 26.5. The van der Waals surface area contributed by atoms with Crippen molar-refractivity contribution in [1.29, 1.82) is 0 Å². The average Bonchev–Trinajstić information content (AvgIpc) is 2.38. The first-order valence-electron chi connectivity index (χ1n) is 7.84. The number of ether oxygens (including phenoxy) is 2. The van der Waals surface area contributed by atoms with E-state index in [1.165, 1.54) is 19.3 Å². The van der Waals surface area contributed by atoms with Crippen molar-refractivity contribution in [2.24, 2.45) is 10.4 Å². The fourth-order valence-electron chi connectivity index (χ4n) is 3.42. The van der Waals surface area contributed by atoms with Crippen molar-refractivity contribution in [3.8, 4) is 0 Å². The van der Waals surface area contributed by atoms with Gasteiger partial charge < -0.3 is 20.1 Å². The lowest BCUT2D eigenvalue weighted by Gasteiger charge is -2.61. The van der Waals surface area contributed by atoms with Gasteiger partial charge in [0.15, 0.2) is 5.96 Å². The molecule has 2 rings (SSSR count). The Morgan fingerprint density at radius 1 is 1.38 bits per heavy atom. The Kier molecular flexibility index (Phi) is 8.26. The fourth-order valence-corrected chi connectivity index (χ4v) is 3.42. The van der Waals surface area contributed by atoms with Crippen LogP contribution in [0.15, 0.2) is 4.99 Å². The number of hydrogen-bond donors (Lipinski definition) is 2. The van der Waals surface area contributed by atoms with Crippen molar-refractivity contribution < 1.29 is 9.47 Å². The molecule has 2 fully saturated rings. The van der Waals surface area contributed by atoms with Crippen LogP contribution >= 0.6 is 24.0 Å². The Labute approximate surface area is 145 Å². The molecule has 0 aromatic carbocycles. The van der Waals surface area contributed by atoms with Crippen LogP contribution in [0.25, 0.3) is 0 Å². The fraction of sp³-hybridized carbons (Fsp3) is 0.933. The van der Waals surface area contributed by atoms with Crippen LogP contribution in [-0.2, 0) is 9.47 Å². The molecule has 0 aliphatic heterocycles. The first-order valence-corrected chi connectivity index (χ1v) is 7.84. The molecule has 2 atom stereocenters. The molecule has 2 unspecified atom stereocenters. The van der Waals surface area contributed by atoms with Crippen molar-refractivity contribution in [3.05, 3.63) is 0 Å². The number of guanidine groups is 1. The lowest BCUT2D eigenvalue weighted by atomic mass is 9.51. The molecule has 0 aromatic heterocycles. The smallest absolute Gasteiger partial charge is 0.191 e. The van der Waals surface area contributed by atoms with E-state index in [4.69, 9.17) is 9.47 Å². The van der Waals surface area contributed by atoms with E-state index in [1.54, 1.807) is 7.11 Å². The van der Waals surface area contributed by atoms with E-state index in [0.29, 0.717) is 17.6 Å². The van der Waals surface area contributed by atoms with Crippen LogP contribution in [0.2, 0.25) is 0 Å². The Bertz CT molecular complexity index is 335. The summed E-state index contributed by atoms with van der Waals surface area (Å²) in [5, 5.41) is 6.93. The summed E-state index contributed by atoms with van der Waals surface area (Å²) < 4.78 is 10.9. The summed E-state index contributed by atoms with van der Waals surface area (Å²) >= 11 is 0. The zero-order valence-electron chi connectivity index (χ0n) is 13.5. The molecule has 0 saturated heterocycles. The molecule has 21 heavy (non-hydrogen) atoms. The summed E-state index contributed by atoms with van der Waals surface area (Å²) in [6, 6.07) is 0.515. The van der Waals surface area contributed by atoms with Gasteiger partial charge >= 0.3 is 0 Å². The van der Waals surface area contributed by atoms with Crippen LogP contribution < -0.4 is 10.6 Å². The van der Waals surface area contributed by atoms with E-state index in [0.717, 1.165) is 38.6 Å². The number of rotatable bonds is 7. The summed E-state index contributed by atoms with van der Waals surface area (Å²) in [7, 11) is 3.56. The van der Waals surface area contributed by atoms with Crippen LogP contribution in [-0.4, -0.2) is 52.0 Å². The van der Waals surface area contributed by atoms with Gasteiger partial charge in [-0.15, -0.1) is 24.0 Å². The largest absolute Gasteiger partial charge is 0.385 e. The van der Waals surface area contributed by atoms with E-state index in [2.05, 4.69) is 22.5 Å². The van der Waals surface area contributed by atoms with Gasteiger partial charge in [-0.2, -0.15) is 0 Å². The Morgan fingerprint density at radius 2 is 2.14 bits per heavy atom. The lowest BCUT2D eigenvalue weighted by Crippen LogP contribution is -2.68. The molecule has 6 heteroatoms. The van der Waals surface area contributed by atoms with Gasteiger partial charge in [0.1, 0.15) is 0 Å². The summed E-state index contributed by atoms with van der Waals surface area (Å²) in [6.45, 7) is 4.58. The standard InChI is InChI=1S/C15H29N3O2.HI/c1-4-20-13-11-12(15(13)7-5-8-15)18-14(16-2)17-9-6-10-19-3;/h12-13H,4-11H2,1-3H3,(H2,16,17,18);1H. The quantitative estimate of drug-likeness (QED) is 0.292. The van der Waals surface area contributed by atoms with Crippen LogP contribution in [0, 0.1) is 5.41 Å². The van der Waals surface area contributed by atoms with Gasteiger partial charge in [-0.1, -0.05) is 6.42 Å². The molecule has 0 bridgehead atoms. The Morgan fingerprint density at radius 3 is 2.67 bits per heavy atom. The third kappa shape index (κ3) is 4.22. The second-order valence-electron chi connectivity index (χ2n) is 5.81. The SMILES string of the molecule is CCOC1CC(NC(=NC)NCCCOC)C12CCC2.I. The van der Waals surface area contributed by atoms with E-state index >= 15 is 0 Å². The van der Waals surface area contributed by atoms with Crippen molar-refractivity contribution in [2.45, 2.75) is 51.2 Å². The number of aliphatic imine (C=N–C) groups is 1. The summed E-state index contributed by atoms with van der Waals surface area (Å²) in [5.74, 6) is 0.910. The first kappa shape index (κ1) is 19.0. The predicted molar refractivity (Wildman–Crippen MR) is 96.5 cm³/mol. The van der Waals surface area contributed by atoms with Gasteiger partial charge in [0, 0.05) is 45.4 Å². The molecule has 5 nitrogen and oxygen atoms in total. The van der Waals surface area contributed by atoms with E-state index in [1.807, 2.05) is 7.05 Å². The lowest BCUT2D eigenvalue weighted by molar-refractivity contribution is -0.168. The predicted octanol–water partition coefficient (Wildman–Crippen LogP) is 2.15. The summed E-state index contributed by atoms with van der Waals surface area (Å²) in [5.41, 5.74) is 0.375. The average molecular weight is 411 g/mol. The molecule has 0 radical (unpaired) electrons. The zero-order valence-corrected chi connectivity index (χ0v) is 15.8. The second-order valence-corrected chi connectivity index (χ2v) is 5.81. The maximum Gasteiger partial charge on any atom is 0.191 e. The third-order valence-corrected chi connectivity index (χ3v) is 4.79. The van der Waals surface area contributed by atoms with E-state index in [9.17, 15) is 0 Å². The summed E-state index contributed by atoms with van der Waals surface area (Å²) in [6.07, 6.45) is 6.46. The Hall–Kier alpha value is -0.0800. The minimum absolute atomic E-state index is 0. The van der Waals surface area contributed by atoms with Gasteiger partial charge in [-0.25, -0.2) is 0 Å². The monoisotopic (exact) mass is 411 g/mol. The number of halogens is 1. The highest BCUT2D eigenvalue weighted by Crippen LogP contribution is 2.57. The molecule has 2 aliphatic rings. The Balaban J connectivity index is 0.00000220. The van der Waals surface area contributed by atoms with Crippen molar-refractivity contribution in [2.75, 3.05) is 33.9 Å². The highest BCUT2D eigenvalue weighted by atomic mass is 127. The highest BCUT2D eigenvalue weighted by Gasteiger charge is 2.59.